The van der Waals surface area contributed by atoms with E-state index in [-0.39, 0.29) is 19.0 Å². The van der Waals surface area contributed by atoms with Crippen molar-refractivity contribution in [2.75, 3.05) is 18.0 Å². The van der Waals surface area contributed by atoms with E-state index < -0.39 is 17.8 Å². The number of pyridine rings is 1. The first-order chi connectivity index (χ1) is 12.4. The molecule has 1 N–H and O–H groups in total. The first-order valence-corrected chi connectivity index (χ1v) is 8.47. The minimum atomic E-state index is -1.03. The SMILES string of the molecule is O=C(O)N1CC[C@H](C(=O)N(Cc2ccc(Cl)nc2)c2ccc(F)cc2)C1. The Balaban J connectivity index is 1.84. The quantitative estimate of drug-likeness (QED) is 0.829. The van der Waals surface area contributed by atoms with E-state index in [1.807, 2.05) is 0 Å². The van der Waals surface area contributed by atoms with Crippen LogP contribution < -0.4 is 4.90 Å². The van der Waals surface area contributed by atoms with Crippen molar-refractivity contribution < 1.29 is 19.1 Å². The molecule has 26 heavy (non-hydrogen) atoms. The van der Waals surface area contributed by atoms with Gasteiger partial charge in [0.25, 0.3) is 0 Å². The summed E-state index contributed by atoms with van der Waals surface area (Å²) in [5, 5.41) is 9.45. The van der Waals surface area contributed by atoms with Crippen LogP contribution in [0.1, 0.15) is 12.0 Å². The standard InChI is InChI=1S/C18H17ClFN3O3/c19-16-6-1-12(9-21-16)10-23(15-4-2-14(20)3-5-15)17(24)13-7-8-22(11-13)18(25)26/h1-6,9,13H,7-8,10-11H2,(H,25,26)/t13-/m0/s1. The highest BCUT2D eigenvalue weighted by molar-refractivity contribution is 6.29. The van der Waals surface area contributed by atoms with Crippen molar-refractivity contribution in [1.82, 2.24) is 9.88 Å². The number of amides is 2. The molecule has 0 saturated carbocycles. The number of benzene rings is 1. The summed E-state index contributed by atoms with van der Waals surface area (Å²) in [6.45, 7) is 0.717. The van der Waals surface area contributed by atoms with Crippen LogP contribution >= 0.6 is 11.6 Å². The normalized spacial score (nSPS) is 16.5. The molecule has 0 bridgehead atoms. The van der Waals surface area contributed by atoms with E-state index >= 15 is 0 Å². The first-order valence-electron chi connectivity index (χ1n) is 8.09. The van der Waals surface area contributed by atoms with Crippen molar-refractivity contribution in [2.24, 2.45) is 5.92 Å². The molecule has 2 aromatic rings. The molecule has 0 spiro atoms. The maximum absolute atomic E-state index is 13.3. The van der Waals surface area contributed by atoms with Crippen LogP contribution in [0.5, 0.6) is 0 Å². The van der Waals surface area contributed by atoms with Gasteiger partial charge in [-0.3, -0.25) is 4.79 Å². The lowest BCUT2D eigenvalue weighted by atomic mass is 10.1. The van der Waals surface area contributed by atoms with Crippen LogP contribution in [0.15, 0.2) is 42.6 Å². The van der Waals surface area contributed by atoms with Crippen LogP contribution in [0.4, 0.5) is 14.9 Å². The summed E-state index contributed by atoms with van der Waals surface area (Å²) in [5.41, 5.74) is 1.31. The van der Waals surface area contributed by atoms with Crippen molar-refractivity contribution in [1.29, 1.82) is 0 Å². The summed E-state index contributed by atoms with van der Waals surface area (Å²) in [7, 11) is 0. The van der Waals surface area contributed by atoms with E-state index in [1.54, 1.807) is 18.3 Å². The smallest absolute Gasteiger partial charge is 0.407 e. The fourth-order valence-electron chi connectivity index (χ4n) is 2.96. The largest absolute Gasteiger partial charge is 0.465 e. The highest BCUT2D eigenvalue weighted by atomic mass is 35.5. The topological polar surface area (TPSA) is 73.7 Å². The van der Waals surface area contributed by atoms with Crippen molar-refractivity contribution in [3.05, 3.63) is 59.1 Å². The highest BCUT2D eigenvalue weighted by Gasteiger charge is 2.34. The van der Waals surface area contributed by atoms with Gasteiger partial charge in [0.2, 0.25) is 5.91 Å². The minimum Gasteiger partial charge on any atom is -0.465 e. The Morgan fingerprint density at radius 2 is 2.00 bits per heavy atom. The monoisotopic (exact) mass is 377 g/mol. The predicted octanol–water partition coefficient (Wildman–Crippen LogP) is 3.41. The Morgan fingerprint density at radius 3 is 2.58 bits per heavy atom. The van der Waals surface area contributed by atoms with Crippen LogP contribution in [0, 0.1) is 11.7 Å². The zero-order valence-corrected chi connectivity index (χ0v) is 14.6. The number of rotatable bonds is 4. The summed E-state index contributed by atoms with van der Waals surface area (Å²) in [6, 6.07) is 9.02. The second-order valence-electron chi connectivity index (χ2n) is 6.10. The van der Waals surface area contributed by atoms with E-state index in [0.29, 0.717) is 23.8 Å². The fraction of sp³-hybridized carbons (Fsp3) is 0.278. The lowest BCUT2D eigenvalue weighted by molar-refractivity contribution is -0.122. The number of nitrogens with zero attached hydrogens (tertiary/aromatic N) is 3. The number of carbonyl (C=O) groups excluding carboxylic acids is 1. The molecule has 3 rings (SSSR count). The van der Waals surface area contributed by atoms with Gasteiger partial charge in [-0.15, -0.1) is 0 Å². The third-order valence-electron chi connectivity index (χ3n) is 4.34. The molecule has 0 radical (unpaired) electrons. The minimum absolute atomic E-state index is 0.157. The number of carboxylic acid groups (broad SMARTS) is 1. The molecule has 2 heterocycles. The van der Waals surface area contributed by atoms with E-state index in [9.17, 15) is 14.0 Å². The fourth-order valence-corrected chi connectivity index (χ4v) is 3.07. The van der Waals surface area contributed by atoms with Gasteiger partial charge < -0.3 is 14.9 Å². The summed E-state index contributed by atoms with van der Waals surface area (Å²) in [4.78, 5) is 30.9. The number of hydrogen-bond donors (Lipinski definition) is 1. The summed E-state index contributed by atoms with van der Waals surface area (Å²) < 4.78 is 13.3. The molecule has 1 saturated heterocycles. The van der Waals surface area contributed by atoms with Crippen molar-refractivity contribution >= 4 is 29.3 Å². The third-order valence-corrected chi connectivity index (χ3v) is 4.57. The molecule has 0 aliphatic carbocycles. The number of anilines is 1. The molecule has 1 aliphatic heterocycles. The number of hydrogen-bond acceptors (Lipinski definition) is 3. The molecule has 1 fully saturated rings. The van der Waals surface area contributed by atoms with Crippen molar-refractivity contribution in [3.63, 3.8) is 0 Å². The molecule has 136 valence electrons. The lowest BCUT2D eigenvalue weighted by Crippen LogP contribution is -2.37. The lowest BCUT2D eigenvalue weighted by Gasteiger charge is -2.26. The highest BCUT2D eigenvalue weighted by Crippen LogP contribution is 2.25. The van der Waals surface area contributed by atoms with Gasteiger partial charge in [-0.1, -0.05) is 17.7 Å². The molecule has 6 nitrogen and oxygen atoms in total. The summed E-state index contributed by atoms with van der Waals surface area (Å²) in [5.74, 6) is -1.03. The third kappa shape index (κ3) is 4.11. The second-order valence-corrected chi connectivity index (χ2v) is 6.49. The Morgan fingerprint density at radius 1 is 1.27 bits per heavy atom. The Kier molecular flexibility index (Phi) is 5.37. The molecule has 2 amide bonds. The molecule has 1 aromatic carbocycles. The number of carbonyl (C=O) groups is 2. The maximum Gasteiger partial charge on any atom is 0.407 e. The van der Waals surface area contributed by atoms with E-state index in [0.717, 1.165) is 5.56 Å². The van der Waals surface area contributed by atoms with Gasteiger partial charge in [-0.25, -0.2) is 14.2 Å². The van der Waals surface area contributed by atoms with Gasteiger partial charge in [0.1, 0.15) is 11.0 Å². The van der Waals surface area contributed by atoms with Crippen LogP contribution in [0.3, 0.4) is 0 Å². The van der Waals surface area contributed by atoms with Gasteiger partial charge in [0.15, 0.2) is 0 Å². The molecule has 1 atom stereocenters. The van der Waals surface area contributed by atoms with Gasteiger partial charge in [-0.05, 0) is 42.3 Å². The van der Waals surface area contributed by atoms with Gasteiger partial charge >= 0.3 is 6.09 Å². The molecule has 1 aliphatic rings. The summed E-state index contributed by atoms with van der Waals surface area (Å²) >= 11 is 5.80. The molecule has 1 aromatic heterocycles. The zero-order valence-electron chi connectivity index (χ0n) is 13.8. The van der Waals surface area contributed by atoms with Crippen molar-refractivity contribution in [3.8, 4) is 0 Å². The Bertz CT molecular complexity index is 798. The Hall–Kier alpha value is -2.67. The van der Waals surface area contributed by atoms with Crippen LogP contribution in [-0.2, 0) is 11.3 Å². The second kappa shape index (κ2) is 7.70. The number of likely N-dealkylation sites (tertiary alicyclic amines) is 1. The van der Waals surface area contributed by atoms with Crippen LogP contribution in [0.2, 0.25) is 5.15 Å². The van der Waals surface area contributed by atoms with Crippen LogP contribution in [-0.4, -0.2) is 40.1 Å². The predicted molar refractivity (Wildman–Crippen MR) is 94.5 cm³/mol. The molecule has 0 unspecified atom stereocenters. The van der Waals surface area contributed by atoms with E-state index in [4.69, 9.17) is 16.7 Å². The van der Waals surface area contributed by atoms with E-state index in [2.05, 4.69) is 4.98 Å². The molecular weight excluding hydrogens is 361 g/mol. The molecule has 8 heteroatoms. The van der Waals surface area contributed by atoms with Crippen LogP contribution in [0.25, 0.3) is 0 Å². The van der Waals surface area contributed by atoms with Crippen molar-refractivity contribution in [2.45, 2.75) is 13.0 Å². The number of halogens is 2. The first kappa shape index (κ1) is 18.1. The van der Waals surface area contributed by atoms with Gasteiger partial charge in [0, 0.05) is 25.0 Å². The van der Waals surface area contributed by atoms with E-state index in [1.165, 1.54) is 34.1 Å². The summed E-state index contributed by atoms with van der Waals surface area (Å²) in [6.07, 6.45) is 1.00. The zero-order chi connectivity index (χ0) is 18.7. The Labute approximate surface area is 154 Å². The molecular formula is C18H17ClFN3O3. The maximum atomic E-state index is 13.3. The average molecular weight is 378 g/mol. The van der Waals surface area contributed by atoms with Gasteiger partial charge in [-0.2, -0.15) is 0 Å². The average Bonchev–Trinajstić information content (AvgIpc) is 3.12. The number of aromatic nitrogens is 1. The van der Waals surface area contributed by atoms with Gasteiger partial charge in [0.05, 0.1) is 12.5 Å².